The number of rotatable bonds is 3. The summed E-state index contributed by atoms with van der Waals surface area (Å²) >= 11 is 16.9. The molecule has 0 amide bonds. The molecule has 0 aliphatic carbocycles. The van der Waals surface area contributed by atoms with E-state index in [1.54, 1.807) is 6.20 Å². The second-order valence-corrected chi connectivity index (χ2v) is 6.50. The number of halogens is 3. The molecule has 0 spiro atoms. The lowest BCUT2D eigenvalue weighted by atomic mass is 10.2. The zero-order chi connectivity index (χ0) is 12.4. The Balaban J connectivity index is 2.11. The molecule has 0 aliphatic heterocycles. The van der Waals surface area contributed by atoms with E-state index in [-0.39, 0.29) is 0 Å². The molecule has 6 heteroatoms. The number of benzene rings is 1. The molecule has 1 aromatic heterocycles. The molecule has 0 radical (unpaired) electrons. The topological polar surface area (TPSA) is 24.9 Å². The summed E-state index contributed by atoms with van der Waals surface area (Å²) in [6.45, 7) is 2.60. The van der Waals surface area contributed by atoms with Crippen LogP contribution in [-0.2, 0) is 6.54 Å². The smallest absolute Gasteiger partial charge is 0.113 e. The summed E-state index contributed by atoms with van der Waals surface area (Å²) in [5.74, 6) is 0. The maximum atomic E-state index is 6.08. The lowest BCUT2D eigenvalue weighted by Crippen LogP contribution is -1.99. The van der Waals surface area contributed by atoms with Crippen LogP contribution >= 0.6 is 50.5 Å². The Labute approximate surface area is 122 Å². The number of aromatic nitrogens is 1. The maximum Gasteiger partial charge on any atom is 0.113 e. The summed E-state index contributed by atoms with van der Waals surface area (Å²) in [5, 5.41) is 4.96. The Morgan fingerprint density at radius 2 is 2.18 bits per heavy atom. The zero-order valence-corrected chi connectivity index (χ0v) is 12.8. The predicted octanol–water partition coefficient (Wildman–Crippen LogP) is 5.13. The average Bonchev–Trinajstić information content (AvgIpc) is 2.68. The average molecular weight is 352 g/mol. The molecule has 1 heterocycles. The Morgan fingerprint density at radius 1 is 1.41 bits per heavy atom. The van der Waals surface area contributed by atoms with Crippen molar-refractivity contribution in [1.29, 1.82) is 0 Å². The monoisotopic (exact) mass is 350 g/mol. The van der Waals surface area contributed by atoms with Crippen molar-refractivity contribution >= 4 is 56.2 Å². The molecule has 0 saturated heterocycles. The molecular weight excluding hydrogens is 343 g/mol. The third-order valence-electron chi connectivity index (χ3n) is 2.20. The normalized spacial score (nSPS) is 10.6. The van der Waals surface area contributed by atoms with E-state index >= 15 is 0 Å². The van der Waals surface area contributed by atoms with E-state index in [4.69, 9.17) is 23.2 Å². The molecule has 90 valence electrons. The van der Waals surface area contributed by atoms with Gasteiger partial charge in [0.2, 0.25) is 0 Å². The number of anilines is 1. The van der Waals surface area contributed by atoms with E-state index in [1.165, 1.54) is 11.3 Å². The number of hydrogen-bond donors (Lipinski definition) is 1. The molecule has 1 aromatic carbocycles. The van der Waals surface area contributed by atoms with E-state index in [9.17, 15) is 0 Å². The van der Waals surface area contributed by atoms with Gasteiger partial charge in [-0.05, 0) is 40.5 Å². The molecule has 0 fully saturated rings. The second-order valence-electron chi connectivity index (χ2n) is 3.49. The lowest BCUT2D eigenvalue weighted by Gasteiger charge is -2.09. The highest BCUT2D eigenvalue weighted by Crippen LogP contribution is 2.30. The highest BCUT2D eigenvalue weighted by atomic mass is 79.9. The minimum atomic E-state index is 0.634. The third kappa shape index (κ3) is 3.35. The van der Waals surface area contributed by atoms with Gasteiger partial charge in [0.1, 0.15) is 9.34 Å². The van der Waals surface area contributed by atoms with Crippen LogP contribution in [0, 0.1) is 6.92 Å². The van der Waals surface area contributed by atoms with Crippen LogP contribution in [0.15, 0.2) is 22.8 Å². The van der Waals surface area contributed by atoms with Crippen molar-refractivity contribution in [3.8, 4) is 0 Å². The number of thiazole rings is 1. The quantitative estimate of drug-likeness (QED) is 0.828. The van der Waals surface area contributed by atoms with E-state index in [0.717, 1.165) is 25.8 Å². The van der Waals surface area contributed by atoms with Crippen molar-refractivity contribution < 1.29 is 0 Å². The van der Waals surface area contributed by atoms with Gasteiger partial charge in [0.05, 0.1) is 18.4 Å². The van der Waals surface area contributed by atoms with E-state index in [1.807, 2.05) is 19.1 Å². The summed E-state index contributed by atoms with van der Waals surface area (Å²) in [7, 11) is 0. The van der Waals surface area contributed by atoms with Crippen LogP contribution in [0.3, 0.4) is 0 Å². The van der Waals surface area contributed by atoms with Gasteiger partial charge in [-0.1, -0.05) is 23.2 Å². The highest BCUT2D eigenvalue weighted by molar-refractivity contribution is 9.10. The lowest BCUT2D eigenvalue weighted by molar-refractivity contribution is 1.10. The van der Waals surface area contributed by atoms with Gasteiger partial charge in [0.25, 0.3) is 0 Å². The Kier molecular flexibility index (Phi) is 4.31. The minimum Gasteiger partial charge on any atom is -0.378 e. The molecule has 2 aromatic rings. The number of hydrogen-bond acceptors (Lipinski definition) is 3. The number of aryl methyl sites for hydroxylation is 1. The Hall–Kier alpha value is -0.290. The highest BCUT2D eigenvalue weighted by Gasteiger charge is 2.05. The van der Waals surface area contributed by atoms with Gasteiger partial charge in [0, 0.05) is 9.50 Å². The molecule has 0 aliphatic rings. The molecule has 1 N–H and O–H groups in total. The fourth-order valence-electron chi connectivity index (χ4n) is 1.32. The van der Waals surface area contributed by atoms with Crippen molar-refractivity contribution in [2.45, 2.75) is 13.5 Å². The SMILES string of the molecule is Cc1cc(Br)c(NCc2ncc(Cl)s2)cc1Cl. The summed E-state index contributed by atoms with van der Waals surface area (Å²) in [5.41, 5.74) is 1.99. The van der Waals surface area contributed by atoms with Crippen molar-refractivity contribution in [1.82, 2.24) is 4.98 Å². The van der Waals surface area contributed by atoms with Crippen LogP contribution in [0.1, 0.15) is 10.6 Å². The van der Waals surface area contributed by atoms with E-state index in [2.05, 4.69) is 26.2 Å². The van der Waals surface area contributed by atoms with Crippen molar-refractivity contribution in [3.05, 3.63) is 42.7 Å². The Bertz CT molecular complexity index is 542. The van der Waals surface area contributed by atoms with Crippen molar-refractivity contribution in [3.63, 3.8) is 0 Å². The molecule has 2 nitrogen and oxygen atoms in total. The van der Waals surface area contributed by atoms with Crippen LogP contribution in [-0.4, -0.2) is 4.98 Å². The summed E-state index contributed by atoms with van der Waals surface area (Å²) in [4.78, 5) is 4.18. The molecule has 2 rings (SSSR count). The largest absolute Gasteiger partial charge is 0.378 e. The molecular formula is C11H9BrCl2N2S. The van der Waals surface area contributed by atoms with Crippen LogP contribution in [0.4, 0.5) is 5.69 Å². The first kappa shape index (κ1) is 13.1. The predicted molar refractivity (Wildman–Crippen MR) is 78.3 cm³/mol. The standard InChI is InChI=1S/C11H9BrCl2N2S/c1-6-2-7(12)9(3-8(6)13)15-5-11-16-4-10(14)17-11/h2-4,15H,5H2,1H3. The Morgan fingerprint density at radius 3 is 2.82 bits per heavy atom. The first-order chi connectivity index (χ1) is 8.06. The van der Waals surface area contributed by atoms with Crippen LogP contribution in [0.25, 0.3) is 0 Å². The van der Waals surface area contributed by atoms with Gasteiger partial charge in [-0.25, -0.2) is 4.98 Å². The van der Waals surface area contributed by atoms with Crippen molar-refractivity contribution in [2.24, 2.45) is 0 Å². The maximum absolute atomic E-state index is 6.08. The fourth-order valence-corrected chi connectivity index (χ4v) is 2.98. The zero-order valence-electron chi connectivity index (χ0n) is 8.93. The molecule has 0 bridgehead atoms. The van der Waals surface area contributed by atoms with E-state index < -0.39 is 0 Å². The summed E-state index contributed by atoms with van der Waals surface area (Å²) in [6.07, 6.45) is 1.65. The van der Waals surface area contributed by atoms with Gasteiger partial charge in [-0.3, -0.25) is 0 Å². The van der Waals surface area contributed by atoms with Gasteiger partial charge < -0.3 is 5.32 Å². The van der Waals surface area contributed by atoms with Gasteiger partial charge in [-0.2, -0.15) is 0 Å². The molecule has 0 saturated carbocycles. The molecule has 0 atom stereocenters. The van der Waals surface area contributed by atoms with Gasteiger partial charge in [0.15, 0.2) is 0 Å². The van der Waals surface area contributed by atoms with Crippen LogP contribution in [0.5, 0.6) is 0 Å². The minimum absolute atomic E-state index is 0.634. The van der Waals surface area contributed by atoms with Gasteiger partial charge >= 0.3 is 0 Å². The van der Waals surface area contributed by atoms with Crippen LogP contribution < -0.4 is 5.32 Å². The molecule has 17 heavy (non-hydrogen) atoms. The van der Waals surface area contributed by atoms with Crippen LogP contribution in [0.2, 0.25) is 9.36 Å². The summed E-state index contributed by atoms with van der Waals surface area (Å²) in [6, 6.07) is 3.88. The first-order valence-electron chi connectivity index (χ1n) is 4.86. The number of nitrogens with one attached hydrogen (secondary N) is 1. The molecule has 0 unspecified atom stereocenters. The second kappa shape index (κ2) is 5.57. The van der Waals surface area contributed by atoms with E-state index in [0.29, 0.717) is 10.9 Å². The van der Waals surface area contributed by atoms with Gasteiger partial charge in [-0.15, -0.1) is 11.3 Å². The third-order valence-corrected chi connectivity index (χ3v) is 4.38. The fraction of sp³-hybridized carbons (Fsp3) is 0.182. The first-order valence-corrected chi connectivity index (χ1v) is 7.22. The summed E-state index contributed by atoms with van der Waals surface area (Å²) < 4.78 is 1.69. The number of nitrogens with zero attached hydrogens (tertiary/aromatic N) is 1. The van der Waals surface area contributed by atoms with Crippen molar-refractivity contribution in [2.75, 3.05) is 5.32 Å².